The molecule has 0 radical (unpaired) electrons. The highest BCUT2D eigenvalue weighted by Gasteiger charge is 2.19. The summed E-state index contributed by atoms with van der Waals surface area (Å²) < 4.78 is 1.72. The zero-order valence-electron chi connectivity index (χ0n) is 10.2. The largest absolute Gasteiger partial charge is 0.278 e. The van der Waals surface area contributed by atoms with Gasteiger partial charge in [-0.05, 0) is 19.9 Å². The van der Waals surface area contributed by atoms with Crippen LogP contribution in [-0.4, -0.2) is 11.5 Å². The Hall–Kier alpha value is -1.25. The van der Waals surface area contributed by atoms with Gasteiger partial charge in [0.2, 0.25) is 0 Å². The minimum atomic E-state index is 0.709. The van der Waals surface area contributed by atoms with E-state index >= 15 is 0 Å². The van der Waals surface area contributed by atoms with Gasteiger partial charge in [-0.3, -0.25) is 9.40 Å². The van der Waals surface area contributed by atoms with Crippen LogP contribution >= 0.6 is 23.4 Å². The smallest absolute Gasteiger partial charge is 0.0972 e. The van der Waals surface area contributed by atoms with Gasteiger partial charge in [-0.15, -0.1) is 0 Å². The summed E-state index contributed by atoms with van der Waals surface area (Å²) in [6, 6.07) is 5.92. The van der Waals surface area contributed by atoms with Crippen molar-refractivity contribution in [3.8, 4) is 0 Å². The van der Waals surface area contributed by atoms with Gasteiger partial charge >= 0.3 is 0 Å². The van der Waals surface area contributed by atoms with Gasteiger partial charge in [-0.2, -0.15) is 0 Å². The SMILES string of the molecule is CC1=Cc2ccc3c(Cl)cc(C)nc3c2N(Cl)C1. The number of aromatic nitrogens is 1. The molecule has 1 aromatic heterocycles. The zero-order chi connectivity index (χ0) is 12.9. The Morgan fingerprint density at radius 3 is 2.83 bits per heavy atom. The van der Waals surface area contributed by atoms with E-state index < -0.39 is 0 Å². The molecule has 1 aliphatic heterocycles. The van der Waals surface area contributed by atoms with Crippen molar-refractivity contribution in [1.82, 2.24) is 4.98 Å². The van der Waals surface area contributed by atoms with Gasteiger partial charge < -0.3 is 0 Å². The summed E-state index contributed by atoms with van der Waals surface area (Å²) in [5.74, 6) is 0. The molecular formula is C14H12Cl2N2. The fraction of sp³-hybridized carbons (Fsp3) is 0.214. The molecule has 0 amide bonds. The van der Waals surface area contributed by atoms with Crippen molar-refractivity contribution in [2.45, 2.75) is 13.8 Å². The normalized spacial score (nSPS) is 14.7. The molecule has 2 heterocycles. The van der Waals surface area contributed by atoms with Crippen LogP contribution in [0.3, 0.4) is 0 Å². The van der Waals surface area contributed by atoms with Gasteiger partial charge in [0.05, 0.1) is 22.8 Å². The molecule has 2 aromatic rings. The maximum absolute atomic E-state index is 6.34. The summed E-state index contributed by atoms with van der Waals surface area (Å²) >= 11 is 12.6. The second kappa shape index (κ2) is 4.15. The molecule has 0 spiro atoms. The van der Waals surface area contributed by atoms with Crippen LogP contribution in [0.25, 0.3) is 17.0 Å². The maximum atomic E-state index is 6.34. The van der Waals surface area contributed by atoms with Gasteiger partial charge in [0, 0.05) is 28.4 Å². The molecule has 0 saturated carbocycles. The average Bonchev–Trinajstić information content (AvgIpc) is 2.26. The van der Waals surface area contributed by atoms with Crippen molar-refractivity contribution < 1.29 is 0 Å². The van der Waals surface area contributed by atoms with Crippen molar-refractivity contribution in [1.29, 1.82) is 0 Å². The number of halogens is 2. The van der Waals surface area contributed by atoms with Gasteiger partial charge in [-0.1, -0.05) is 35.4 Å². The molecule has 4 heteroatoms. The molecule has 0 N–H and O–H groups in total. The number of pyridine rings is 1. The number of fused-ring (bicyclic) bond motifs is 3. The van der Waals surface area contributed by atoms with Crippen LogP contribution in [0.1, 0.15) is 18.2 Å². The van der Waals surface area contributed by atoms with Crippen LogP contribution in [0, 0.1) is 6.92 Å². The van der Waals surface area contributed by atoms with E-state index in [0.717, 1.165) is 32.9 Å². The molecule has 1 aliphatic rings. The van der Waals surface area contributed by atoms with Crippen LogP contribution < -0.4 is 4.42 Å². The first kappa shape index (κ1) is 11.8. The number of nitrogens with zero attached hydrogens (tertiary/aromatic N) is 2. The summed E-state index contributed by atoms with van der Waals surface area (Å²) in [7, 11) is 0. The van der Waals surface area contributed by atoms with E-state index in [4.69, 9.17) is 23.4 Å². The third-order valence-corrected chi connectivity index (χ3v) is 3.70. The van der Waals surface area contributed by atoms with Crippen molar-refractivity contribution in [3.63, 3.8) is 0 Å². The minimum absolute atomic E-state index is 0.709. The lowest BCUT2D eigenvalue weighted by atomic mass is 10.0. The number of hydrogen-bond acceptors (Lipinski definition) is 2. The van der Waals surface area contributed by atoms with Crippen LogP contribution in [0.5, 0.6) is 0 Å². The standard InChI is InChI=1S/C14H12Cl2N2/c1-8-5-10-3-4-11-12(15)6-9(2)17-13(11)14(10)18(16)7-8/h3-6H,7H2,1-2H3. The number of rotatable bonds is 0. The summed E-state index contributed by atoms with van der Waals surface area (Å²) in [5, 5.41) is 1.66. The van der Waals surface area contributed by atoms with Gasteiger partial charge in [0.1, 0.15) is 0 Å². The van der Waals surface area contributed by atoms with Crippen molar-refractivity contribution in [2.75, 3.05) is 11.0 Å². The number of anilines is 1. The van der Waals surface area contributed by atoms with E-state index in [2.05, 4.69) is 18.0 Å². The Kier molecular flexibility index (Phi) is 2.72. The molecule has 0 atom stereocenters. The van der Waals surface area contributed by atoms with E-state index in [1.807, 2.05) is 25.1 Å². The second-order valence-electron chi connectivity index (χ2n) is 4.66. The van der Waals surface area contributed by atoms with Crippen LogP contribution in [0.2, 0.25) is 5.02 Å². The summed E-state index contributed by atoms with van der Waals surface area (Å²) in [5.41, 5.74) is 5.05. The summed E-state index contributed by atoms with van der Waals surface area (Å²) in [6.45, 7) is 4.72. The maximum Gasteiger partial charge on any atom is 0.0972 e. The Labute approximate surface area is 116 Å². The Morgan fingerprint density at radius 2 is 2.06 bits per heavy atom. The Bertz CT molecular complexity index is 677. The lowest BCUT2D eigenvalue weighted by Crippen LogP contribution is -2.18. The minimum Gasteiger partial charge on any atom is -0.278 e. The summed E-state index contributed by atoms with van der Waals surface area (Å²) in [6.07, 6.45) is 2.14. The highest BCUT2D eigenvalue weighted by Crippen LogP contribution is 2.38. The van der Waals surface area contributed by atoms with Crippen LogP contribution in [0.4, 0.5) is 5.69 Å². The molecule has 1 aromatic carbocycles. The predicted octanol–water partition coefficient (Wildman–Crippen LogP) is 4.57. The molecule has 92 valence electrons. The van der Waals surface area contributed by atoms with Crippen molar-refractivity contribution >= 4 is 46.0 Å². The van der Waals surface area contributed by atoms with Gasteiger partial charge in [0.25, 0.3) is 0 Å². The molecule has 2 nitrogen and oxygen atoms in total. The zero-order valence-corrected chi connectivity index (χ0v) is 11.7. The van der Waals surface area contributed by atoms with E-state index in [9.17, 15) is 0 Å². The first-order valence-corrected chi connectivity index (χ1v) is 6.48. The van der Waals surface area contributed by atoms with Crippen molar-refractivity contribution in [2.24, 2.45) is 0 Å². The first-order valence-electron chi connectivity index (χ1n) is 5.76. The number of aryl methyl sites for hydroxylation is 1. The van der Waals surface area contributed by atoms with E-state index in [0.29, 0.717) is 6.54 Å². The lowest BCUT2D eigenvalue weighted by molar-refractivity contribution is 1.10. The van der Waals surface area contributed by atoms with Crippen molar-refractivity contribution in [3.05, 3.63) is 40.1 Å². The fourth-order valence-corrected chi connectivity index (χ4v) is 3.03. The van der Waals surface area contributed by atoms with Gasteiger partial charge in [0.15, 0.2) is 0 Å². The van der Waals surface area contributed by atoms with Gasteiger partial charge in [-0.25, -0.2) is 0 Å². The van der Waals surface area contributed by atoms with Crippen LogP contribution in [0.15, 0.2) is 23.8 Å². The lowest BCUT2D eigenvalue weighted by Gasteiger charge is -2.25. The monoisotopic (exact) mass is 278 g/mol. The molecule has 0 bridgehead atoms. The second-order valence-corrected chi connectivity index (χ2v) is 5.47. The third-order valence-electron chi connectivity index (χ3n) is 3.10. The molecular weight excluding hydrogens is 267 g/mol. The Balaban J connectivity index is 2.42. The molecule has 3 rings (SSSR count). The molecule has 0 unspecified atom stereocenters. The molecule has 18 heavy (non-hydrogen) atoms. The summed E-state index contributed by atoms with van der Waals surface area (Å²) in [4.78, 5) is 4.59. The van der Waals surface area contributed by atoms with E-state index in [1.165, 1.54) is 5.57 Å². The first-order chi connectivity index (χ1) is 8.56. The highest BCUT2D eigenvalue weighted by atomic mass is 35.5. The Morgan fingerprint density at radius 1 is 1.28 bits per heavy atom. The average molecular weight is 279 g/mol. The van der Waals surface area contributed by atoms with E-state index in [-0.39, 0.29) is 0 Å². The molecule has 0 aliphatic carbocycles. The predicted molar refractivity (Wildman–Crippen MR) is 78.3 cm³/mol. The number of benzene rings is 1. The fourth-order valence-electron chi connectivity index (χ4n) is 2.35. The van der Waals surface area contributed by atoms with E-state index in [1.54, 1.807) is 4.42 Å². The third kappa shape index (κ3) is 1.76. The number of hydrogen-bond donors (Lipinski definition) is 0. The highest BCUT2D eigenvalue weighted by molar-refractivity contribution is 6.36. The molecule has 0 saturated heterocycles. The topological polar surface area (TPSA) is 16.1 Å². The quantitative estimate of drug-likeness (QED) is 0.656. The molecule has 0 fully saturated rings. The van der Waals surface area contributed by atoms with Crippen LogP contribution in [-0.2, 0) is 0 Å².